The minimum absolute atomic E-state index is 0.160. The normalized spacial score (nSPS) is 12.1. The molecule has 0 heterocycles. The molecule has 3 aromatic rings. The molecule has 1 N–H and O–H groups in total. The fourth-order valence-electron chi connectivity index (χ4n) is 4.20. The Balaban J connectivity index is 2.07. The molecule has 0 spiro atoms. The summed E-state index contributed by atoms with van der Waals surface area (Å²) in [4.78, 5) is 29.2. The van der Waals surface area contributed by atoms with E-state index in [2.05, 4.69) is 5.32 Å². The molecule has 3 rings (SSSR count). The van der Waals surface area contributed by atoms with Crippen molar-refractivity contribution in [3.05, 3.63) is 102 Å². The Morgan fingerprint density at radius 2 is 1.46 bits per heavy atom. The van der Waals surface area contributed by atoms with Gasteiger partial charge in [0.25, 0.3) is 0 Å². The Kier molecular flexibility index (Phi) is 10.7. The van der Waals surface area contributed by atoms with E-state index in [1.165, 1.54) is 19.0 Å². The van der Waals surface area contributed by atoms with Gasteiger partial charge in [-0.25, -0.2) is 4.31 Å². The number of benzene rings is 3. The molecule has 0 aliphatic heterocycles. The van der Waals surface area contributed by atoms with Gasteiger partial charge in [0.1, 0.15) is 12.6 Å². The topological polar surface area (TPSA) is 90.0 Å². The maximum atomic E-state index is 14.1. The smallest absolute Gasteiger partial charge is 0.304 e. The number of carbonyl (C=O) groups is 2. The van der Waals surface area contributed by atoms with Crippen molar-refractivity contribution < 1.29 is 18.0 Å². The Bertz CT molecular complexity index is 1330. The average molecular weight is 551 g/mol. The van der Waals surface area contributed by atoms with Crippen molar-refractivity contribution in [3.8, 4) is 0 Å². The zero-order chi connectivity index (χ0) is 28.4. The number of aryl methyl sites for hydroxylation is 1. The van der Waals surface area contributed by atoms with Crippen LogP contribution in [0, 0.1) is 6.92 Å². The maximum Gasteiger partial charge on any atom is 0.304 e. The summed E-state index contributed by atoms with van der Waals surface area (Å²) in [7, 11) is -1.15. The van der Waals surface area contributed by atoms with E-state index in [0.717, 1.165) is 31.7 Å². The molecular formula is C30H38N4O4S. The molecule has 8 nitrogen and oxygen atoms in total. The first-order chi connectivity index (χ1) is 18.6. The summed E-state index contributed by atoms with van der Waals surface area (Å²) in [6.45, 7) is 4.10. The second-order valence-electron chi connectivity index (χ2n) is 9.58. The lowest BCUT2D eigenvalue weighted by Gasteiger charge is -2.34. The van der Waals surface area contributed by atoms with Crippen LogP contribution in [0.2, 0.25) is 0 Å². The molecule has 0 fully saturated rings. The first-order valence-electron chi connectivity index (χ1n) is 13.1. The van der Waals surface area contributed by atoms with Gasteiger partial charge in [0, 0.05) is 33.6 Å². The Morgan fingerprint density at radius 3 is 2.05 bits per heavy atom. The minimum atomic E-state index is -4.00. The van der Waals surface area contributed by atoms with Gasteiger partial charge in [-0.2, -0.15) is 12.7 Å². The van der Waals surface area contributed by atoms with Gasteiger partial charge in [-0.1, -0.05) is 79.7 Å². The number of hydrogen-bond donors (Lipinski definition) is 1. The number of nitrogens with zero attached hydrogens (tertiary/aromatic N) is 3. The lowest BCUT2D eigenvalue weighted by atomic mass is 10.0. The molecule has 0 unspecified atom stereocenters. The highest BCUT2D eigenvalue weighted by atomic mass is 32.2. The van der Waals surface area contributed by atoms with Gasteiger partial charge < -0.3 is 10.2 Å². The van der Waals surface area contributed by atoms with Crippen molar-refractivity contribution in [3.63, 3.8) is 0 Å². The van der Waals surface area contributed by atoms with Gasteiger partial charge in [-0.15, -0.1) is 0 Å². The lowest BCUT2D eigenvalue weighted by Crippen LogP contribution is -2.54. The van der Waals surface area contributed by atoms with Crippen molar-refractivity contribution in [2.75, 3.05) is 31.5 Å². The van der Waals surface area contributed by atoms with Crippen molar-refractivity contribution in [1.82, 2.24) is 14.5 Å². The zero-order valence-electron chi connectivity index (χ0n) is 23.1. The molecule has 0 aliphatic rings. The standard InChI is InChI=1S/C30H38N4O4S/c1-5-20-31-30(36)28(21-25-15-8-6-9-16-25)33(22-26-17-13-12-14-24(26)2)29(35)23-34(39(37,38)32(3)4)27-18-10-7-11-19-27/h6-19,28H,5,20-23H2,1-4H3,(H,31,36)/t28-/m0/s1. The van der Waals surface area contributed by atoms with E-state index < -0.39 is 28.7 Å². The van der Waals surface area contributed by atoms with Crippen LogP contribution in [-0.4, -0.2) is 62.7 Å². The third-order valence-electron chi connectivity index (χ3n) is 6.49. The van der Waals surface area contributed by atoms with E-state index in [0.29, 0.717) is 18.7 Å². The molecule has 3 aromatic carbocycles. The summed E-state index contributed by atoms with van der Waals surface area (Å²) in [5.74, 6) is -0.746. The molecule has 0 aromatic heterocycles. The lowest BCUT2D eigenvalue weighted by molar-refractivity contribution is -0.140. The van der Waals surface area contributed by atoms with Crippen molar-refractivity contribution in [1.29, 1.82) is 0 Å². The molecule has 0 saturated heterocycles. The molecule has 0 saturated carbocycles. The van der Waals surface area contributed by atoms with E-state index in [4.69, 9.17) is 0 Å². The average Bonchev–Trinajstić information content (AvgIpc) is 2.93. The SMILES string of the molecule is CCCNC(=O)[C@H](Cc1ccccc1)N(Cc1ccccc1C)C(=O)CN(c1ccccc1)S(=O)(=O)N(C)C. The second-order valence-corrected chi connectivity index (χ2v) is 11.6. The van der Waals surface area contributed by atoms with Crippen LogP contribution in [0.1, 0.15) is 30.0 Å². The molecule has 0 radical (unpaired) electrons. The van der Waals surface area contributed by atoms with Crippen LogP contribution in [0.5, 0.6) is 0 Å². The number of nitrogens with one attached hydrogen (secondary N) is 1. The third kappa shape index (κ3) is 7.91. The number of amides is 2. The molecule has 2 amide bonds. The number of hydrogen-bond acceptors (Lipinski definition) is 4. The molecular weight excluding hydrogens is 512 g/mol. The maximum absolute atomic E-state index is 14.1. The number of rotatable bonds is 13. The van der Waals surface area contributed by atoms with Crippen LogP contribution in [-0.2, 0) is 32.8 Å². The highest BCUT2D eigenvalue weighted by Crippen LogP contribution is 2.22. The second kappa shape index (κ2) is 13.9. The highest BCUT2D eigenvalue weighted by molar-refractivity contribution is 7.90. The summed E-state index contributed by atoms with van der Waals surface area (Å²) in [6, 6.07) is 24.9. The fourth-order valence-corrected chi connectivity index (χ4v) is 5.26. The first kappa shape index (κ1) is 29.9. The molecule has 208 valence electrons. The predicted octanol–water partition coefficient (Wildman–Crippen LogP) is 3.77. The Hall–Kier alpha value is -3.69. The van der Waals surface area contributed by atoms with E-state index in [1.54, 1.807) is 30.3 Å². The molecule has 0 aliphatic carbocycles. The zero-order valence-corrected chi connectivity index (χ0v) is 23.9. The van der Waals surface area contributed by atoms with Gasteiger partial charge in [0.05, 0.1) is 5.69 Å². The molecule has 39 heavy (non-hydrogen) atoms. The van der Waals surface area contributed by atoms with Gasteiger partial charge >= 0.3 is 10.2 Å². The van der Waals surface area contributed by atoms with E-state index in [1.807, 2.05) is 68.4 Å². The summed E-state index contributed by atoms with van der Waals surface area (Å²) in [5.41, 5.74) is 3.13. The summed E-state index contributed by atoms with van der Waals surface area (Å²) >= 11 is 0. The fraction of sp³-hybridized carbons (Fsp3) is 0.333. The van der Waals surface area contributed by atoms with Crippen LogP contribution in [0.25, 0.3) is 0 Å². The van der Waals surface area contributed by atoms with Crippen LogP contribution < -0.4 is 9.62 Å². The van der Waals surface area contributed by atoms with Crippen LogP contribution in [0.3, 0.4) is 0 Å². The third-order valence-corrected chi connectivity index (χ3v) is 8.31. The van der Waals surface area contributed by atoms with Gasteiger partial charge in [0.15, 0.2) is 0 Å². The summed E-state index contributed by atoms with van der Waals surface area (Å²) < 4.78 is 28.8. The Labute approximate surface area is 232 Å². The van der Waals surface area contributed by atoms with Crippen LogP contribution in [0.4, 0.5) is 5.69 Å². The predicted molar refractivity (Wildman–Crippen MR) is 155 cm³/mol. The van der Waals surface area contributed by atoms with E-state index in [9.17, 15) is 18.0 Å². The molecule has 0 bridgehead atoms. The Morgan fingerprint density at radius 1 is 0.872 bits per heavy atom. The summed E-state index contributed by atoms with van der Waals surface area (Å²) in [5, 5.41) is 2.95. The molecule has 1 atom stereocenters. The van der Waals surface area contributed by atoms with Crippen molar-refractivity contribution >= 4 is 27.7 Å². The van der Waals surface area contributed by atoms with Crippen molar-refractivity contribution in [2.45, 2.75) is 39.3 Å². The molecule has 9 heteroatoms. The van der Waals surface area contributed by atoms with E-state index >= 15 is 0 Å². The first-order valence-corrected chi connectivity index (χ1v) is 14.5. The highest BCUT2D eigenvalue weighted by Gasteiger charge is 2.34. The van der Waals surface area contributed by atoms with Crippen LogP contribution >= 0.6 is 0 Å². The largest absolute Gasteiger partial charge is 0.354 e. The monoisotopic (exact) mass is 550 g/mol. The van der Waals surface area contributed by atoms with Gasteiger partial charge in [0.2, 0.25) is 11.8 Å². The summed E-state index contributed by atoms with van der Waals surface area (Å²) in [6.07, 6.45) is 1.04. The van der Waals surface area contributed by atoms with Crippen LogP contribution in [0.15, 0.2) is 84.9 Å². The number of para-hydroxylation sites is 1. The quantitative estimate of drug-likeness (QED) is 0.351. The van der Waals surface area contributed by atoms with Gasteiger partial charge in [-0.05, 0) is 42.2 Å². The van der Waals surface area contributed by atoms with Gasteiger partial charge in [-0.3, -0.25) is 9.59 Å². The minimum Gasteiger partial charge on any atom is -0.354 e. The van der Waals surface area contributed by atoms with Crippen molar-refractivity contribution in [2.24, 2.45) is 0 Å². The number of anilines is 1. The number of carbonyl (C=O) groups excluding carboxylic acids is 2. The van der Waals surface area contributed by atoms with E-state index in [-0.39, 0.29) is 12.5 Å².